The molecule has 21 heavy (non-hydrogen) atoms. The van der Waals surface area contributed by atoms with Crippen LogP contribution in [0, 0.1) is 6.92 Å². The summed E-state index contributed by atoms with van der Waals surface area (Å²) in [4.78, 5) is 10.9. The highest BCUT2D eigenvalue weighted by Crippen LogP contribution is 2.27. The van der Waals surface area contributed by atoms with Gasteiger partial charge in [0.2, 0.25) is 10.0 Å². The second kappa shape index (κ2) is 6.27. The average Bonchev–Trinajstić information content (AvgIpc) is 2.97. The number of carboxylic acids is 1. The van der Waals surface area contributed by atoms with Crippen LogP contribution in [-0.2, 0) is 16.4 Å². The van der Waals surface area contributed by atoms with Gasteiger partial charge in [0.05, 0.1) is 0 Å². The molecule has 0 aliphatic carbocycles. The lowest BCUT2D eigenvalue weighted by molar-refractivity contribution is 0.0698. The summed E-state index contributed by atoms with van der Waals surface area (Å²) in [7, 11) is -3.84. The Bertz CT molecular complexity index is 732. The minimum Gasteiger partial charge on any atom is -0.477 e. The lowest BCUT2D eigenvalue weighted by Crippen LogP contribution is -2.34. The molecule has 2 aromatic heterocycles. The van der Waals surface area contributed by atoms with E-state index in [2.05, 4.69) is 4.72 Å². The third-order valence-corrected chi connectivity index (χ3v) is 6.58. The number of sulfonamides is 1. The molecule has 2 aromatic rings. The fourth-order valence-corrected chi connectivity index (χ4v) is 5.60. The van der Waals surface area contributed by atoms with E-state index in [1.54, 1.807) is 30.6 Å². The van der Waals surface area contributed by atoms with Crippen molar-refractivity contribution in [3.8, 4) is 0 Å². The van der Waals surface area contributed by atoms with E-state index in [0.29, 0.717) is 12.0 Å². The van der Waals surface area contributed by atoms with Gasteiger partial charge in [-0.05, 0) is 53.6 Å². The van der Waals surface area contributed by atoms with Gasteiger partial charge in [-0.3, -0.25) is 0 Å². The van der Waals surface area contributed by atoms with Gasteiger partial charge in [0.1, 0.15) is 9.77 Å². The maximum Gasteiger partial charge on any atom is 0.347 e. The molecule has 0 aliphatic rings. The molecule has 2 heterocycles. The number of aromatic carboxylic acids is 1. The molecule has 0 fully saturated rings. The minimum atomic E-state index is -3.84. The zero-order valence-corrected chi connectivity index (χ0v) is 13.9. The number of rotatable bonds is 6. The Hall–Kier alpha value is -1.22. The number of nitrogens with one attached hydrogen (secondary N) is 1. The van der Waals surface area contributed by atoms with Gasteiger partial charge in [0.15, 0.2) is 0 Å². The van der Waals surface area contributed by atoms with Crippen molar-refractivity contribution in [2.45, 2.75) is 31.2 Å². The van der Waals surface area contributed by atoms with E-state index in [-0.39, 0.29) is 15.8 Å². The Kier molecular flexibility index (Phi) is 4.82. The monoisotopic (exact) mass is 345 g/mol. The zero-order chi connectivity index (χ0) is 15.6. The second-order valence-electron chi connectivity index (χ2n) is 4.74. The smallest absolute Gasteiger partial charge is 0.347 e. The van der Waals surface area contributed by atoms with Crippen LogP contribution in [0.4, 0.5) is 0 Å². The van der Waals surface area contributed by atoms with Crippen molar-refractivity contribution in [1.82, 2.24) is 4.72 Å². The summed E-state index contributed by atoms with van der Waals surface area (Å²) in [5.41, 5.74) is 1.50. The van der Waals surface area contributed by atoms with E-state index in [4.69, 9.17) is 5.11 Å². The molecule has 2 N–H and O–H groups in total. The topological polar surface area (TPSA) is 83.5 Å². The first kappa shape index (κ1) is 16.2. The maximum atomic E-state index is 12.4. The summed E-state index contributed by atoms with van der Waals surface area (Å²) in [6.07, 6.45) is 0.564. The highest BCUT2D eigenvalue weighted by molar-refractivity contribution is 7.89. The SMILES string of the molecule is Cc1csc(C(=O)O)c1S(=O)(=O)NC(C)Cc1ccsc1. The van der Waals surface area contributed by atoms with Crippen LogP contribution in [0.1, 0.15) is 27.7 Å². The van der Waals surface area contributed by atoms with E-state index in [1.807, 2.05) is 16.8 Å². The Balaban J connectivity index is 2.22. The third kappa shape index (κ3) is 3.70. The van der Waals surface area contributed by atoms with Gasteiger partial charge in [0.25, 0.3) is 0 Å². The highest BCUT2D eigenvalue weighted by atomic mass is 32.2. The molecule has 0 aromatic carbocycles. The first-order valence-electron chi connectivity index (χ1n) is 6.16. The molecule has 0 bridgehead atoms. The number of thiophene rings is 2. The van der Waals surface area contributed by atoms with Crippen molar-refractivity contribution < 1.29 is 18.3 Å². The molecule has 0 saturated carbocycles. The van der Waals surface area contributed by atoms with Crippen LogP contribution < -0.4 is 4.72 Å². The summed E-state index contributed by atoms with van der Waals surface area (Å²) in [6.45, 7) is 3.36. The Morgan fingerprint density at radius 2 is 2.14 bits per heavy atom. The van der Waals surface area contributed by atoms with Gasteiger partial charge in [-0.2, -0.15) is 11.3 Å². The van der Waals surface area contributed by atoms with Crippen molar-refractivity contribution in [2.75, 3.05) is 0 Å². The van der Waals surface area contributed by atoms with Crippen LogP contribution in [0.5, 0.6) is 0 Å². The summed E-state index contributed by atoms with van der Waals surface area (Å²) >= 11 is 2.48. The fraction of sp³-hybridized carbons (Fsp3) is 0.308. The van der Waals surface area contributed by atoms with Crippen molar-refractivity contribution in [3.63, 3.8) is 0 Å². The van der Waals surface area contributed by atoms with Crippen LogP contribution in [0.15, 0.2) is 27.1 Å². The van der Waals surface area contributed by atoms with Gasteiger partial charge in [-0.25, -0.2) is 17.9 Å². The lowest BCUT2D eigenvalue weighted by Gasteiger charge is -2.14. The normalized spacial score (nSPS) is 13.2. The van der Waals surface area contributed by atoms with Crippen molar-refractivity contribution in [2.24, 2.45) is 0 Å². The molecule has 0 spiro atoms. The van der Waals surface area contributed by atoms with Crippen LogP contribution in [0.2, 0.25) is 0 Å². The van der Waals surface area contributed by atoms with Crippen molar-refractivity contribution >= 4 is 38.7 Å². The van der Waals surface area contributed by atoms with E-state index >= 15 is 0 Å². The Morgan fingerprint density at radius 3 is 2.71 bits per heavy atom. The van der Waals surface area contributed by atoms with Crippen molar-refractivity contribution in [3.05, 3.63) is 38.2 Å². The van der Waals surface area contributed by atoms with E-state index in [1.165, 1.54) is 0 Å². The Morgan fingerprint density at radius 1 is 1.43 bits per heavy atom. The van der Waals surface area contributed by atoms with Crippen LogP contribution in [-0.4, -0.2) is 25.5 Å². The van der Waals surface area contributed by atoms with Gasteiger partial charge < -0.3 is 5.11 Å². The van der Waals surface area contributed by atoms with Gasteiger partial charge in [-0.1, -0.05) is 0 Å². The molecule has 1 atom stereocenters. The molecule has 0 radical (unpaired) electrons. The molecule has 0 saturated heterocycles. The third-order valence-electron chi connectivity index (χ3n) is 2.86. The molecule has 2 rings (SSSR count). The maximum absolute atomic E-state index is 12.4. The summed E-state index contributed by atoms with van der Waals surface area (Å²) in [6, 6.07) is 1.62. The number of aryl methyl sites for hydroxylation is 1. The standard InChI is InChI=1S/C13H15NO4S3/c1-8-6-20-11(13(15)16)12(8)21(17,18)14-9(2)5-10-3-4-19-7-10/h3-4,6-7,9,14H,5H2,1-2H3,(H,15,16). The van der Waals surface area contributed by atoms with Crippen LogP contribution in [0.25, 0.3) is 0 Å². The molecule has 5 nitrogen and oxygen atoms in total. The molecule has 8 heteroatoms. The number of carbonyl (C=O) groups is 1. The zero-order valence-electron chi connectivity index (χ0n) is 11.5. The predicted molar refractivity (Wildman–Crippen MR) is 83.8 cm³/mol. The number of carboxylic acid groups (broad SMARTS) is 1. The molecule has 0 aliphatic heterocycles. The van der Waals surface area contributed by atoms with Crippen LogP contribution >= 0.6 is 22.7 Å². The van der Waals surface area contributed by atoms with E-state index in [0.717, 1.165) is 16.9 Å². The number of hydrogen-bond acceptors (Lipinski definition) is 5. The summed E-state index contributed by atoms with van der Waals surface area (Å²) in [5, 5.41) is 14.5. The highest BCUT2D eigenvalue weighted by Gasteiger charge is 2.27. The van der Waals surface area contributed by atoms with Crippen molar-refractivity contribution in [1.29, 1.82) is 0 Å². The van der Waals surface area contributed by atoms with Gasteiger partial charge in [0, 0.05) is 6.04 Å². The van der Waals surface area contributed by atoms with Gasteiger partial charge >= 0.3 is 5.97 Å². The molecule has 1 unspecified atom stereocenters. The predicted octanol–water partition coefficient (Wildman–Crippen LogP) is 2.73. The summed E-state index contributed by atoms with van der Waals surface area (Å²) in [5.74, 6) is -1.22. The first-order valence-corrected chi connectivity index (χ1v) is 9.46. The van der Waals surface area contributed by atoms with E-state index < -0.39 is 16.0 Å². The second-order valence-corrected chi connectivity index (χ2v) is 8.05. The fourth-order valence-electron chi connectivity index (χ4n) is 2.04. The largest absolute Gasteiger partial charge is 0.477 e. The molecule has 114 valence electrons. The minimum absolute atomic E-state index is 0.128. The van der Waals surface area contributed by atoms with E-state index in [9.17, 15) is 13.2 Å². The molecular formula is C13H15NO4S3. The Labute approximate surface area is 131 Å². The quantitative estimate of drug-likeness (QED) is 0.843. The lowest BCUT2D eigenvalue weighted by atomic mass is 10.1. The first-order chi connectivity index (χ1) is 9.81. The average molecular weight is 345 g/mol. The summed E-state index contributed by atoms with van der Waals surface area (Å²) < 4.78 is 27.4. The number of hydrogen-bond donors (Lipinski definition) is 2. The van der Waals surface area contributed by atoms with Gasteiger partial charge in [-0.15, -0.1) is 11.3 Å². The molecular weight excluding hydrogens is 330 g/mol. The van der Waals surface area contributed by atoms with Crippen LogP contribution in [0.3, 0.4) is 0 Å². The molecule has 0 amide bonds.